The number of nitrogens with one attached hydrogen (secondary N) is 1. The quantitative estimate of drug-likeness (QED) is 0.818. The smallest absolute Gasteiger partial charge is 0.340 e. The molecule has 1 aromatic heterocycles. The fourth-order valence-corrected chi connectivity index (χ4v) is 2.69. The number of hydrogen-bond donors (Lipinski definition) is 1. The molecule has 1 unspecified atom stereocenters. The predicted octanol–water partition coefficient (Wildman–Crippen LogP) is 3.47. The molecule has 1 atom stereocenters. The molecule has 1 heterocycles. The monoisotopic (exact) mass is 342 g/mol. The van der Waals surface area contributed by atoms with E-state index in [1.54, 1.807) is 6.07 Å². The number of rotatable bonds is 6. The van der Waals surface area contributed by atoms with Crippen LogP contribution in [-0.2, 0) is 9.53 Å². The summed E-state index contributed by atoms with van der Waals surface area (Å²) in [5.41, 5.74) is 4.40. The molecular formula is C20H26N2O3. The second kappa shape index (κ2) is 8.01. The van der Waals surface area contributed by atoms with Gasteiger partial charge in [0, 0.05) is 23.1 Å². The highest BCUT2D eigenvalue weighted by Crippen LogP contribution is 2.21. The molecule has 1 N–H and O–H groups in total. The molecule has 134 valence electrons. The Morgan fingerprint density at radius 3 is 2.40 bits per heavy atom. The van der Waals surface area contributed by atoms with Crippen LogP contribution in [0.15, 0.2) is 30.3 Å². The number of aromatic nitrogens is 1. The van der Waals surface area contributed by atoms with Crippen molar-refractivity contribution in [3.63, 3.8) is 0 Å². The maximum atomic E-state index is 12.4. The molecule has 0 fully saturated rings. The van der Waals surface area contributed by atoms with Crippen molar-refractivity contribution in [3.8, 4) is 5.69 Å². The summed E-state index contributed by atoms with van der Waals surface area (Å²) in [6, 6.07) is 9.97. The van der Waals surface area contributed by atoms with Crippen LogP contribution in [0.25, 0.3) is 5.69 Å². The van der Waals surface area contributed by atoms with Gasteiger partial charge in [-0.05, 0) is 52.3 Å². The van der Waals surface area contributed by atoms with E-state index in [1.807, 2.05) is 63.5 Å². The van der Waals surface area contributed by atoms with Crippen molar-refractivity contribution in [2.45, 2.75) is 47.1 Å². The second-order valence-electron chi connectivity index (χ2n) is 6.41. The lowest BCUT2D eigenvalue weighted by Gasteiger charge is -2.12. The predicted molar refractivity (Wildman–Crippen MR) is 98.2 cm³/mol. The Labute approximate surface area is 149 Å². The van der Waals surface area contributed by atoms with Crippen molar-refractivity contribution in [2.75, 3.05) is 6.61 Å². The Morgan fingerprint density at radius 1 is 1.16 bits per heavy atom. The van der Waals surface area contributed by atoms with Gasteiger partial charge in [0.05, 0.1) is 5.56 Å². The summed E-state index contributed by atoms with van der Waals surface area (Å²) in [5, 5.41) is 2.78. The normalized spacial score (nSPS) is 11.9. The van der Waals surface area contributed by atoms with E-state index in [1.165, 1.54) is 5.56 Å². The summed E-state index contributed by atoms with van der Waals surface area (Å²) in [4.78, 5) is 24.1. The van der Waals surface area contributed by atoms with E-state index in [2.05, 4.69) is 5.32 Å². The molecule has 1 amide bonds. The molecule has 25 heavy (non-hydrogen) atoms. The molecule has 2 rings (SSSR count). The maximum Gasteiger partial charge on any atom is 0.340 e. The minimum absolute atomic E-state index is 0.0674. The van der Waals surface area contributed by atoms with Crippen LogP contribution in [0.4, 0.5) is 0 Å². The lowest BCUT2D eigenvalue weighted by molar-refractivity contribution is -0.124. The van der Waals surface area contributed by atoms with Crippen LogP contribution < -0.4 is 5.32 Å². The van der Waals surface area contributed by atoms with E-state index < -0.39 is 5.97 Å². The Morgan fingerprint density at radius 2 is 1.80 bits per heavy atom. The van der Waals surface area contributed by atoms with Gasteiger partial charge in [-0.3, -0.25) is 4.79 Å². The number of ether oxygens (including phenoxy) is 1. The first-order chi connectivity index (χ1) is 11.8. The number of hydrogen-bond acceptors (Lipinski definition) is 3. The summed E-state index contributed by atoms with van der Waals surface area (Å²) < 4.78 is 7.18. The molecule has 5 heteroatoms. The van der Waals surface area contributed by atoms with Crippen LogP contribution in [-0.4, -0.2) is 29.1 Å². The summed E-state index contributed by atoms with van der Waals surface area (Å²) in [5.74, 6) is -0.763. The summed E-state index contributed by atoms with van der Waals surface area (Å²) in [7, 11) is 0. The SMILES string of the molecule is CCC(C)NC(=O)COC(=O)c1cc(C)n(-c2ccc(C)cc2)c1C. The van der Waals surface area contributed by atoms with Gasteiger partial charge in [0.25, 0.3) is 5.91 Å². The number of nitrogens with zero attached hydrogens (tertiary/aromatic N) is 1. The van der Waals surface area contributed by atoms with Crippen LogP contribution >= 0.6 is 0 Å². The average molecular weight is 342 g/mol. The number of aryl methyl sites for hydroxylation is 2. The van der Waals surface area contributed by atoms with Crippen molar-refractivity contribution < 1.29 is 14.3 Å². The summed E-state index contributed by atoms with van der Waals surface area (Å²) >= 11 is 0. The molecule has 2 aromatic rings. The highest BCUT2D eigenvalue weighted by Gasteiger charge is 2.19. The van der Waals surface area contributed by atoms with Crippen LogP contribution in [0.3, 0.4) is 0 Å². The lowest BCUT2D eigenvalue weighted by atomic mass is 10.2. The highest BCUT2D eigenvalue weighted by atomic mass is 16.5. The van der Waals surface area contributed by atoms with Crippen molar-refractivity contribution in [1.29, 1.82) is 0 Å². The molecular weight excluding hydrogens is 316 g/mol. The first-order valence-electron chi connectivity index (χ1n) is 8.56. The third-order valence-electron chi connectivity index (χ3n) is 4.30. The molecule has 1 aromatic carbocycles. The highest BCUT2D eigenvalue weighted by molar-refractivity contribution is 5.93. The van der Waals surface area contributed by atoms with Crippen LogP contribution in [0, 0.1) is 20.8 Å². The van der Waals surface area contributed by atoms with Crippen LogP contribution in [0.2, 0.25) is 0 Å². The zero-order valence-corrected chi connectivity index (χ0v) is 15.6. The molecule has 0 aliphatic rings. The fourth-order valence-electron chi connectivity index (χ4n) is 2.69. The topological polar surface area (TPSA) is 60.3 Å². The molecule has 0 aliphatic carbocycles. The van der Waals surface area contributed by atoms with Crippen LogP contribution in [0.5, 0.6) is 0 Å². The molecule has 0 saturated carbocycles. The zero-order valence-electron chi connectivity index (χ0n) is 15.6. The van der Waals surface area contributed by atoms with E-state index >= 15 is 0 Å². The van der Waals surface area contributed by atoms with Gasteiger partial charge in [0.1, 0.15) is 0 Å². The number of carbonyl (C=O) groups excluding carboxylic acids is 2. The van der Waals surface area contributed by atoms with Gasteiger partial charge in [0.15, 0.2) is 6.61 Å². The van der Waals surface area contributed by atoms with E-state index in [4.69, 9.17) is 4.74 Å². The Balaban J connectivity index is 2.12. The van der Waals surface area contributed by atoms with Crippen molar-refractivity contribution in [3.05, 3.63) is 52.8 Å². The van der Waals surface area contributed by atoms with E-state index in [0.717, 1.165) is 23.5 Å². The number of carbonyl (C=O) groups is 2. The van der Waals surface area contributed by atoms with Gasteiger partial charge in [-0.25, -0.2) is 4.79 Å². The van der Waals surface area contributed by atoms with Crippen molar-refractivity contribution in [1.82, 2.24) is 9.88 Å². The third-order valence-corrected chi connectivity index (χ3v) is 4.30. The van der Waals surface area contributed by atoms with Gasteiger partial charge in [-0.2, -0.15) is 0 Å². The molecule has 0 radical (unpaired) electrons. The summed E-state index contributed by atoms with van der Waals surface area (Å²) in [6.07, 6.45) is 0.831. The number of amides is 1. The Bertz CT molecular complexity index is 760. The zero-order chi connectivity index (χ0) is 18.6. The summed E-state index contributed by atoms with van der Waals surface area (Å²) in [6.45, 7) is 9.48. The fraction of sp³-hybridized carbons (Fsp3) is 0.400. The van der Waals surface area contributed by atoms with Crippen molar-refractivity contribution in [2.24, 2.45) is 0 Å². The Hall–Kier alpha value is -2.56. The van der Waals surface area contributed by atoms with E-state index in [0.29, 0.717) is 5.56 Å². The largest absolute Gasteiger partial charge is 0.452 e. The first kappa shape index (κ1) is 18.8. The van der Waals surface area contributed by atoms with Gasteiger partial charge in [-0.15, -0.1) is 0 Å². The van der Waals surface area contributed by atoms with Gasteiger partial charge < -0.3 is 14.6 Å². The van der Waals surface area contributed by atoms with E-state index in [-0.39, 0.29) is 18.6 Å². The number of esters is 1. The second-order valence-corrected chi connectivity index (χ2v) is 6.41. The lowest BCUT2D eigenvalue weighted by Crippen LogP contribution is -2.35. The minimum atomic E-state index is -0.481. The first-order valence-corrected chi connectivity index (χ1v) is 8.56. The van der Waals surface area contributed by atoms with Crippen LogP contribution in [0.1, 0.15) is 47.6 Å². The van der Waals surface area contributed by atoms with Crippen molar-refractivity contribution >= 4 is 11.9 Å². The molecule has 0 bridgehead atoms. The third kappa shape index (κ3) is 4.50. The molecule has 0 spiro atoms. The molecule has 0 saturated heterocycles. The van der Waals surface area contributed by atoms with E-state index in [9.17, 15) is 9.59 Å². The molecule has 0 aliphatic heterocycles. The average Bonchev–Trinajstić information content (AvgIpc) is 2.88. The van der Waals surface area contributed by atoms with Gasteiger partial charge in [-0.1, -0.05) is 24.6 Å². The number of benzene rings is 1. The van der Waals surface area contributed by atoms with Gasteiger partial charge in [0.2, 0.25) is 0 Å². The van der Waals surface area contributed by atoms with Gasteiger partial charge >= 0.3 is 5.97 Å². The Kier molecular flexibility index (Phi) is 6.02. The minimum Gasteiger partial charge on any atom is -0.452 e. The molecule has 5 nitrogen and oxygen atoms in total. The maximum absolute atomic E-state index is 12.4. The standard InChI is InChI=1S/C20H26N2O3/c1-6-14(3)21-19(23)12-25-20(24)18-11-15(4)22(16(18)5)17-9-7-13(2)8-10-17/h7-11,14H,6,12H2,1-5H3,(H,21,23).